The third-order valence-corrected chi connectivity index (χ3v) is 3.28. The van der Waals surface area contributed by atoms with Crippen LogP contribution in [0, 0.1) is 5.92 Å². The molecule has 4 heteroatoms. The molecule has 3 nitrogen and oxygen atoms in total. The van der Waals surface area contributed by atoms with Gasteiger partial charge >= 0.3 is 0 Å². The maximum absolute atomic E-state index is 5.06. The summed E-state index contributed by atoms with van der Waals surface area (Å²) in [7, 11) is 1.73. The number of rotatable bonds is 6. The molecule has 0 aliphatic heterocycles. The zero-order valence-electron chi connectivity index (χ0n) is 9.45. The molecule has 1 N–H and O–H groups in total. The number of nitrogens with zero attached hydrogens (tertiary/aromatic N) is 1. The van der Waals surface area contributed by atoms with E-state index in [-0.39, 0.29) is 0 Å². The van der Waals surface area contributed by atoms with Crippen molar-refractivity contribution in [2.45, 2.75) is 18.9 Å². The summed E-state index contributed by atoms with van der Waals surface area (Å²) in [5.41, 5.74) is 1.27. The Balaban J connectivity index is 2.01. The summed E-state index contributed by atoms with van der Waals surface area (Å²) in [6, 6.07) is 2.58. The first kappa shape index (κ1) is 12.0. The van der Waals surface area contributed by atoms with Gasteiger partial charge in [-0.25, -0.2) is 0 Å². The number of aromatic nitrogens is 1. The Kier molecular flexibility index (Phi) is 4.32. The largest absolute Gasteiger partial charge is 0.383 e. The quantitative estimate of drug-likeness (QED) is 0.816. The number of hydrogen-bond donors (Lipinski definition) is 1. The summed E-state index contributed by atoms with van der Waals surface area (Å²) in [4.78, 5) is 4.23. The summed E-state index contributed by atoms with van der Waals surface area (Å²) < 4.78 is 6.11. The molecular formula is C12H17BrN2O. The van der Waals surface area contributed by atoms with E-state index in [0.717, 1.165) is 23.5 Å². The van der Waals surface area contributed by atoms with E-state index in [1.165, 1.54) is 18.4 Å². The minimum atomic E-state index is 0.431. The molecule has 1 aromatic heterocycles. The smallest absolute Gasteiger partial charge is 0.0587 e. The van der Waals surface area contributed by atoms with Crippen molar-refractivity contribution < 1.29 is 4.74 Å². The number of halogens is 1. The molecule has 1 aliphatic rings. The Bertz CT molecular complexity index is 342. The highest BCUT2D eigenvalue weighted by Gasteiger charge is 2.32. The van der Waals surface area contributed by atoms with E-state index in [1.807, 2.05) is 12.4 Å². The van der Waals surface area contributed by atoms with Gasteiger partial charge in [0.1, 0.15) is 0 Å². The molecule has 2 rings (SSSR count). The van der Waals surface area contributed by atoms with Gasteiger partial charge in [0, 0.05) is 36.6 Å². The van der Waals surface area contributed by atoms with Crippen LogP contribution in [0.5, 0.6) is 0 Å². The minimum Gasteiger partial charge on any atom is -0.383 e. The highest BCUT2D eigenvalue weighted by atomic mass is 79.9. The zero-order chi connectivity index (χ0) is 11.4. The normalized spacial score (nSPS) is 17.4. The second kappa shape index (κ2) is 5.75. The van der Waals surface area contributed by atoms with Crippen molar-refractivity contribution in [2.24, 2.45) is 5.92 Å². The lowest BCUT2D eigenvalue weighted by molar-refractivity contribution is 0.194. The summed E-state index contributed by atoms with van der Waals surface area (Å²) in [6.07, 6.45) is 6.41. The van der Waals surface area contributed by atoms with Crippen LogP contribution in [0.15, 0.2) is 22.9 Å². The predicted molar refractivity (Wildman–Crippen MR) is 67.3 cm³/mol. The summed E-state index contributed by atoms with van der Waals surface area (Å²) in [6.45, 7) is 1.65. The van der Waals surface area contributed by atoms with Crippen molar-refractivity contribution in [3.05, 3.63) is 28.5 Å². The first-order chi connectivity index (χ1) is 7.81. The van der Waals surface area contributed by atoms with Gasteiger partial charge in [-0.1, -0.05) is 0 Å². The van der Waals surface area contributed by atoms with Gasteiger partial charge in [-0.15, -0.1) is 0 Å². The number of ether oxygens (including phenoxy) is 1. The summed E-state index contributed by atoms with van der Waals surface area (Å²) in [5.74, 6) is 0.771. The molecule has 0 aromatic carbocycles. The van der Waals surface area contributed by atoms with Gasteiger partial charge in [0.2, 0.25) is 0 Å². The second-order valence-corrected chi connectivity index (χ2v) is 5.11. The molecule has 0 amide bonds. The van der Waals surface area contributed by atoms with E-state index in [9.17, 15) is 0 Å². The highest BCUT2D eigenvalue weighted by molar-refractivity contribution is 9.10. The molecule has 1 aromatic rings. The Morgan fingerprint density at radius 1 is 1.56 bits per heavy atom. The first-order valence-corrected chi connectivity index (χ1v) is 6.43. The van der Waals surface area contributed by atoms with E-state index < -0.39 is 0 Å². The molecule has 0 unspecified atom stereocenters. The van der Waals surface area contributed by atoms with Gasteiger partial charge in [-0.3, -0.25) is 4.98 Å². The maximum atomic E-state index is 5.06. The Morgan fingerprint density at radius 3 is 3.00 bits per heavy atom. The average molecular weight is 285 g/mol. The Morgan fingerprint density at radius 2 is 2.38 bits per heavy atom. The van der Waals surface area contributed by atoms with Crippen LogP contribution in [-0.4, -0.2) is 25.2 Å². The number of nitrogens with one attached hydrogen (secondary N) is 1. The third kappa shape index (κ3) is 3.27. The van der Waals surface area contributed by atoms with Crippen molar-refractivity contribution in [1.29, 1.82) is 0 Å². The third-order valence-electron chi connectivity index (χ3n) is 2.85. The zero-order valence-corrected chi connectivity index (χ0v) is 11.0. The van der Waals surface area contributed by atoms with Gasteiger partial charge in [-0.05, 0) is 46.3 Å². The average Bonchev–Trinajstić information content (AvgIpc) is 3.08. The van der Waals surface area contributed by atoms with Crippen LogP contribution < -0.4 is 5.32 Å². The van der Waals surface area contributed by atoms with Crippen LogP contribution >= 0.6 is 15.9 Å². The molecule has 1 aliphatic carbocycles. The lowest BCUT2D eigenvalue weighted by Gasteiger charge is -2.18. The highest BCUT2D eigenvalue weighted by Crippen LogP contribution is 2.41. The van der Waals surface area contributed by atoms with Crippen LogP contribution in [0.4, 0.5) is 0 Å². The van der Waals surface area contributed by atoms with Gasteiger partial charge in [0.15, 0.2) is 0 Å². The van der Waals surface area contributed by atoms with E-state index >= 15 is 0 Å². The molecule has 0 radical (unpaired) electrons. The molecule has 1 saturated carbocycles. The summed E-state index contributed by atoms with van der Waals surface area (Å²) >= 11 is 3.47. The number of methoxy groups -OCH3 is 1. The van der Waals surface area contributed by atoms with E-state index in [1.54, 1.807) is 7.11 Å². The summed E-state index contributed by atoms with van der Waals surface area (Å²) in [5, 5.41) is 3.54. The van der Waals surface area contributed by atoms with E-state index in [4.69, 9.17) is 4.74 Å². The fourth-order valence-corrected chi connectivity index (χ4v) is 2.28. The number of pyridine rings is 1. The first-order valence-electron chi connectivity index (χ1n) is 5.64. The molecule has 16 heavy (non-hydrogen) atoms. The SMILES string of the molecule is COCCN[C@@H](c1cncc(Br)c1)C1CC1. The Labute approximate surface area is 105 Å². The molecule has 1 heterocycles. The van der Waals surface area contributed by atoms with Crippen molar-refractivity contribution in [2.75, 3.05) is 20.3 Å². The topological polar surface area (TPSA) is 34.1 Å². The maximum Gasteiger partial charge on any atom is 0.0587 e. The molecule has 0 spiro atoms. The van der Waals surface area contributed by atoms with Gasteiger partial charge < -0.3 is 10.1 Å². The lowest BCUT2D eigenvalue weighted by Crippen LogP contribution is -2.26. The fourth-order valence-electron chi connectivity index (χ4n) is 1.90. The minimum absolute atomic E-state index is 0.431. The van der Waals surface area contributed by atoms with Crippen LogP contribution in [0.1, 0.15) is 24.4 Å². The van der Waals surface area contributed by atoms with E-state index in [0.29, 0.717) is 6.04 Å². The van der Waals surface area contributed by atoms with Crippen molar-refractivity contribution in [3.63, 3.8) is 0 Å². The van der Waals surface area contributed by atoms with Crippen LogP contribution in [0.2, 0.25) is 0 Å². The second-order valence-electron chi connectivity index (χ2n) is 4.20. The van der Waals surface area contributed by atoms with Crippen LogP contribution in [-0.2, 0) is 4.74 Å². The molecule has 1 fully saturated rings. The van der Waals surface area contributed by atoms with Gasteiger partial charge in [0.25, 0.3) is 0 Å². The lowest BCUT2D eigenvalue weighted by atomic mass is 10.0. The van der Waals surface area contributed by atoms with Crippen LogP contribution in [0.25, 0.3) is 0 Å². The fraction of sp³-hybridized carbons (Fsp3) is 0.583. The molecule has 0 bridgehead atoms. The Hall–Kier alpha value is -0.450. The molecular weight excluding hydrogens is 268 g/mol. The monoisotopic (exact) mass is 284 g/mol. The van der Waals surface area contributed by atoms with Crippen molar-refractivity contribution >= 4 is 15.9 Å². The van der Waals surface area contributed by atoms with Gasteiger partial charge in [-0.2, -0.15) is 0 Å². The van der Waals surface area contributed by atoms with Crippen LogP contribution in [0.3, 0.4) is 0 Å². The molecule has 88 valence electrons. The molecule has 0 saturated heterocycles. The standard InChI is InChI=1S/C12H17BrN2O/c1-16-5-4-15-12(9-2-3-9)10-6-11(13)8-14-7-10/h6-9,12,15H,2-5H2,1H3/t12-/m1/s1. The number of hydrogen-bond acceptors (Lipinski definition) is 3. The molecule has 1 atom stereocenters. The predicted octanol–water partition coefficient (Wildman–Crippen LogP) is 2.53. The van der Waals surface area contributed by atoms with Crippen molar-refractivity contribution in [1.82, 2.24) is 10.3 Å². The van der Waals surface area contributed by atoms with Crippen molar-refractivity contribution in [3.8, 4) is 0 Å². The van der Waals surface area contributed by atoms with E-state index in [2.05, 4.69) is 32.3 Å². The van der Waals surface area contributed by atoms with Gasteiger partial charge in [0.05, 0.1) is 6.61 Å².